The highest BCUT2D eigenvalue weighted by Crippen LogP contribution is 2.15. The molecule has 4 nitrogen and oxygen atoms in total. The summed E-state index contributed by atoms with van der Waals surface area (Å²) in [5, 5.41) is 0. The number of ether oxygens (including phenoxy) is 1. The number of esters is 1. The van der Waals surface area contributed by atoms with Gasteiger partial charge in [-0.05, 0) is 12.3 Å². The average Bonchev–Trinajstić information content (AvgIpc) is 2.63. The van der Waals surface area contributed by atoms with Gasteiger partial charge in [0.05, 0.1) is 6.61 Å². The third kappa shape index (κ3) is 15.9. The Labute approximate surface area is 174 Å². The van der Waals surface area contributed by atoms with Crippen molar-refractivity contribution in [3.63, 3.8) is 0 Å². The normalized spacial score (nSPS) is 12.3. The predicted molar refractivity (Wildman–Crippen MR) is 118 cm³/mol. The quantitative estimate of drug-likeness (QED) is 0.144. The summed E-state index contributed by atoms with van der Waals surface area (Å²) < 4.78 is 5.21. The maximum Gasteiger partial charge on any atom is 0.318 e. The van der Waals surface area contributed by atoms with Gasteiger partial charge in [0.25, 0.3) is 0 Å². The van der Waals surface area contributed by atoms with Crippen molar-refractivity contribution in [2.45, 2.75) is 124 Å². The summed E-state index contributed by atoms with van der Waals surface area (Å²) >= 11 is 0. The van der Waals surface area contributed by atoms with Crippen LogP contribution in [-0.2, 0) is 14.3 Å². The Morgan fingerprint density at radius 2 is 1.04 bits per heavy atom. The number of hydrogen-bond donors (Lipinski definition) is 1. The summed E-state index contributed by atoms with van der Waals surface area (Å²) in [6, 6.07) is 0. The molecule has 0 heterocycles. The summed E-state index contributed by atoms with van der Waals surface area (Å²) in [5.74, 6) is -1.99. The van der Waals surface area contributed by atoms with Gasteiger partial charge in [0, 0.05) is 0 Å². The summed E-state index contributed by atoms with van der Waals surface area (Å²) in [7, 11) is 0. The van der Waals surface area contributed by atoms with Crippen molar-refractivity contribution in [2.75, 3.05) is 6.61 Å². The van der Waals surface area contributed by atoms with Crippen molar-refractivity contribution in [3.05, 3.63) is 0 Å². The van der Waals surface area contributed by atoms with Gasteiger partial charge in [0.1, 0.15) is 5.92 Å². The number of rotatable bonds is 20. The average molecular weight is 398 g/mol. The van der Waals surface area contributed by atoms with Crippen LogP contribution in [0, 0.1) is 11.8 Å². The fraction of sp³-hybridized carbons (Fsp3) is 0.917. The third-order valence-electron chi connectivity index (χ3n) is 5.47. The monoisotopic (exact) mass is 397 g/mol. The highest BCUT2D eigenvalue weighted by atomic mass is 16.5. The van der Waals surface area contributed by atoms with E-state index in [2.05, 4.69) is 6.92 Å². The first-order chi connectivity index (χ1) is 13.5. The van der Waals surface area contributed by atoms with E-state index in [9.17, 15) is 9.59 Å². The van der Waals surface area contributed by atoms with Gasteiger partial charge in [0.2, 0.25) is 5.91 Å². The molecule has 166 valence electrons. The SMILES string of the molecule is CCCCCCCCCCCCCCCCCCOC(=O)[C@@H](C(N)=O)C(C)C. The van der Waals surface area contributed by atoms with E-state index >= 15 is 0 Å². The summed E-state index contributed by atoms with van der Waals surface area (Å²) in [5.41, 5.74) is 5.26. The molecule has 0 aliphatic rings. The Balaban J connectivity index is 3.32. The molecule has 0 radical (unpaired) electrons. The standard InChI is InChI=1S/C24H47NO3/c1-4-5-6-7-8-9-10-11-12-13-14-15-16-17-18-19-20-28-24(27)22(21(2)3)23(25)26/h21-22H,4-20H2,1-3H3,(H2,25,26)/t22-/m1/s1. The number of unbranched alkanes of at least 4 members (excludes halogenated alkanes) is 15. The van der Waals surface area contributed by atoms with Crippen molar-refractivity contribution < 1.29 is 14.3 Å². The van der Waals surface area contributed by atoms with Crippen molar-refractivity contribution in [2.24, 2.45) is 17.6 Å². The molecule has 1 atom stereocenters. The fourth-order valence-corrected chi connectivity index (χ4v) is 3.63. The second kappa shape index (κ2) is 19.3. The van der Waals surface area contributed by atoms with E-state index in [1.807, 2.05) is 13.8 Å². The Bertz CT molecular complexity index is 382. The van der Waals surface area contributed by atoms with Gasteiger partial charge in [-0.3, -0.25) is 9.59 Å². The number of primary amides is 1. The zero-order valence-electron chi connectivity index (χ0n) is 19.0. The molecule has 0 fully saturated rings. The van der Waals surface area contributed by atoms with Gasteiger partial charge in [-0.15, -0.1) is 0 Å². The van der Waals surface area contributed by atoms with E-state index < -0.39 is 17.8 Å². The first-order valence-corrected chi connectivity index (χ1v) is 12.0. The molecule has 0 rings (SSSR count). The molecule has 4 heteroatoms. The lowest BCUT2D eigenvalue weighted by molar-refractivity contribution is -0.153. The maximum atomic E-state index is 11.9. The van der Waals surface area contributed by atoms with Gasteiger partial charge >= 0.3 is 5.97 Å². The van der Waals surface area contributed by atoms with Crippen LogP contribution in [0.2, 0.25) is 0 Å². The lowest BCUT2D eigenvalue weighted by atomic mass is 9.95. The smallest absolute Gasteiger partial charge is 0.318 e. The minimum atomic E-state index is -0.818. The molecule has 0 aromatic carbocycles. The van der Waals surface area contributed by atoms with Crippen LogP contribution in [0.4, 0.5) is 0 Å². The fourth-order valence-electron chi connectivity index (χ4n) is 3.63. The lowest BCUT2D eigenvalue weighted by Crippen LogP contribution is -2.35. The van der Waals surface area contributed by atoms with Gasteiger partial charge in [-0.25, -0.2) is 0 Å². The second-order valence-corrected chi connectivity index (χ2v) is 8.59. The minimum absolute atomic E-state index is 0.115. The van der Waals surface area contributed by atoms with Gasteiger partial charge in [0.15, 0.2) is 0 Å². The minimum Gasteiger partial charge on any atom is -0.465 e. The van der Waals surface area contributed by atoms with Crippen LogP contribution in [-0.4, -0.2) is 18.5 Å². The molecule has 0 unspecified atom stereocenters. The molecule has 1 amide bonds. The Kier molecular flexibility index (Phi) is 18.5. The number of carbonyl (C=O) groups is 2. The topological polar surface area (TPSA) is 69.4 Å². The van der Waals surface area contributed by atoms with Crippen LogP contribution in [0.3, 0.4) is 0 Å². The molecule has 0 aromatic rings. The molecule has 0 aliphatic carbocycles. The van der Waals surface area contributed by atoms with E-state index in [1.165, 1.54) is 89.9 Å². The van der Waals surface area contributed by atoms with Crippen molar-refractivity contribution in [3.8, 4) is 0 Å². The molecule has 0 aliphatic heterocycles. The molecule has 0 saturated carbocycles. The number of carbonyl (C=O) groups excluding carboxylic acids is 2. The third-order valence-corrected chi connectivity index (χ3v) is 5.47. The van der Waals surface area contributed by atoms with Crippen molar-refractivity contribution in [1.29, 1.82) is 0 Å². The Morgan fingerprint density at radius 3 is 1.36 bits per heavy atom. The van der Waals surface area contributed by atoms with Crippen LogP contribution in [0.15, 0.2) is 0 Å². The maximum absolute atomic E-state index is 11.9. The van der Waals surface area contributed by atoms with Crippen LogP contribution in [0.5, 0.6) is 0 Å². The first kappa shape index (κ1) is 26.9. The van der Waals surface area contributed by atoms with Crippen molar-refractivity contribution in [1.82, 2.24) is 0 Å². The Hall–Kier alpha value is -1.06. The molecular formula is C24H47NO3. The molecule has 0 saturated heterocycles. The summed E-state index contributed by atoms with van der Waals surface area (Å²) in [6.45, 7) is 6.29. The van der Waals surface area contributed by atoms with Crippen LogP contribution >= 0.6 is 0 Å². The zero-order chi connectivity index (χ0) is 21.0. The lowest BCUT2D eigenvalue weighted by Gasteiger charge is -2.15. The summed E-state index contributed by atoms with van der Waals surface area (Å²) in [4.78, 5) is 23.1. The van der Waals surface area contributed by atoms with Crippen LogP contribution in [0.25, 0.3) is 0 Å². The van der Waals surface area contributed by atoms with E-state index in [4.69, 9.17) is 10.5 Å². The molecular weight excluding hydrogens is 350 g/mol. The summed E-state index contributed by atoms with van der Waals surface area (Å²) in [6.07, 6.45) is 21.1. The van der Waals surface area contributed by atoms with Crippen LogP contribution < -0.4 is 5.73 Å². The number of hydrogen-bond acceptors (Lipinski definition) is 3. The zero-order valence-corrected chi connectivity index (χ0v) is 19.0. The second-order valence-electron chi connectivity index (χ2n) is 8.59. The first-order valence-electron chi connectivity index (χ1n) is 12.0. The highest BCUT2D eigenvalue weighted by molar-refractivity contribution is 5.97. The largest absolute Gasteiger partial charge is 0.465 e. The van der Waals surface area contributed by atoms with Gasteiger partial charge < -0.3 is 10.5 Å². The van der Waals surface area contributed by atoms with Crippen molar-refractivity contribution >= 4 is 11.9 Å². The predicted octanol–water partition coefficient (Wildman–Crippen LogP) is 6.55. The van der Waals surface area contributed by atoms with E-state index in [0.717, 1.165) is 12.8 Å². The number of amides is 1. The van der Waals surface area contributed by atoms with Crippen LogP contribution in [0.1, 0.15) is 124 Å². The van der Waals surface area contributed by atoms with E-state index in [-0.39, 0.29) is 5.92 Å². The van der Waals surface area contributed by atoms with E-state index in [1.54, 1.807) is 0 Å². The van der Waals surface area contributed by atoms with E-state index in [0.29, 0.717) is 6.61 Å². The molecule has 0 bridgehead atoms. The molecule has 28 heavy (non-hydrogen) atoms. The number of nitrogens with two attached hydrogens (primary N) is 1. The Morgan fingerprint density at radius 1 is 0.679 bits per heavy atom. The molecule has 2 N–H and O–H groups in total. The molecule has 0 spiro atoms. The van der Waals surface area contributed by atoms with Gasteiger partial charge in [-0.2, -0.15) is 0 Å². The molecule has 0 aromatic heterocycles. The van der Waals surface area contributed by atoms with Gasteiger partial charge in [-0.1, -0.05) is 117 Å². The highest BCUT2D eigenvalue weighted by Gasteiger charge is 2.29.